The molecule has 19 heavy (non-hydrogen) atoms. The Morgan fingerprint density at radius 1 is 1.11 bits per heavy atom. The van der Waals surface area contributed by atoms with Gasteiger partial charge in [-0.3, -0.25) is 4.79 Å². The van der Waals surface area contributed by atoms with Gasteiger partial charge in [-0.25, -0.2) is 0 Å². The molecule has 0 aromatic carbocycles. The van der Waals surface area contributed by atoms with Crippen LogP contribution in [0.1, 0.15) is 44.9 Å². The molecule has 1 N–H and O–H groups in total. The van der Waals surface area contributed by atoms with Gasteiger partial charge in [-0.05, 0) is 25.7 Å². The number of hydrogen-bond acceptors (Lipinski definition) is 3. The van der Waals surface area contributed by atoms with Crippen molar-refractivity contribution >= 4 is 16.2 Å². The minimum absolute atomic E-state index is 0.0220. The van der Waals surface area contributed by atoms with Gasteiger partial charge < -0.3 is 5.11 Å². The number of nitrogens with zero attached hydrogens (tertiary/aromatic N) is 2. The molecular formula is C12H22N2O4S. The fourth-order valence-corrected chi connectivity index (χ4v) is 4.47. The Bertz CT molecular complexity index is 427. The van der Waals surface area contributed by atoms with E-state index in [1.54, 1.807) is 7.05 Å². The molecule has 0 spiro atoms. The van der Waals surface area contributed by atoms with Crippen LogP contribution < -0.4 is 0 Å². The second kappa shape index (κ2) is 5.76. The first-order chi connectivity index (χ1) is 8.93. The lowest BCUT2D eigenvalue weighted by atomic mass is 9.96. The molecule has 0 atom stereocenters. The molecule has 6 nitrogen and oxygen atoms in total. The first kappa shape index (κ1) is 14.7. The summed E-state index contributed by atoms with van der Waals surface area (Å²) < 4.78 is 27.6. The van der Waals surface area contributed by atoms with Gasteiger partial charge in [0.1, 0.15) is 6.54 Å². The van der Waals surface area contributed by atoms with Crippen molar-refractivity contribution < 1.29 is 18.3 Å². The first-order valence-electron chi connectivity index (χ1n) is 6.89. The smallest absolute Gasteiger partial charge is 0.318 e. The van der Waals surface area contributed by atoms with Gasteiger partial charge in [0.2, 0.25) is 0 Å². The van der Waals surface area contributed by atoms with Crippen molar-refractivity contribution in [3.63, 3.8) is 0 Å². The summed E-state index contributed by atoms with van der Waals surface area (Å²) in [6.07, 6.45) is 6.55. The second-order valence-electron chi connectivity index (χ2n) is 5.49. The lowest BCUT2D eigenvalue weighted by Crippen LogP contribution is -2.49. The van der Waals surface area contributed by atoms with Crippen molar-refractivity contribution in [1.29, 1.82) is 0 Å². The summed E-state index contributed by atoms with van der Waals surface area (Å²) in [5.41, 5.74) is 0. The second-order valence-corrected chi connectivity index (χ2v) is 7.43. The maximum Gasteiger partial charge on any atom is 0.318 e. The number of rotatable bonds is 6. The molecule has 2 aliphatic carbocycles. The minimum atomic E-state index is -3.65. The van der Waals surface area contributed by atoms with Gasteiger partial charge in [0.05, 0.1) is 0 Å². The van der Waals surface area contributed by atoms with Crippen LogP contribution in [0.25, 0.3) is 0 Å². The summed E-state index contributed by atoms with van der Waals surface area (Å²) in [4.78, 5) is 10.9. The Morgan fingerprint density at radius 3 is 2.16 bits per heavy atom. The van der Waals surface area contributed by atoms with Crippen molar-refractivity contribution in [2.24, 2.45) is 0 Å². The summed E-state index contributed by atoms with van der Waals surface area (Å²) in [7, 11) is -2.06. The van der Waals surface area contributed by atoms with Crippen LogP contribution >= 0.6 is 0 Å². The Morgan fingerprint density at radius 2 is 1.68 bits per heavy atom. The topological polar surface area (TPSA) is 77.9 Å². The fraction of sp³-hybridized carbons (Fsp3) is 0.917. The third-order valence-corrected chi connectivity index (χ3v) is 6.04. The molecule has 2 rings (SSSR count). The quantitative estimate of drug-likeness (QED) is 0.793. The lowest BCUT2D eigenvalue weighted by Gasteiger charge is -2.34. The first-order valence-corrected chi connectivity index (χ1v) is 8.29. The average molecular weight is 290 g/mol. The third kappa shape index (κ3) is 3.46. The van der Waals surface area contributed by atoms with Gasteiger partial charge in [-0.1, -0.05) is 19.3 Å². The molecule has 0 radical (unpaired) electrons. The minimum Gasteiger partial charge on any atom is -0.480 e. The van der Waals surface area contributed by atoms with Crippen LogP contribution in [0.3, 0.4) is 0 Å². The van der Waals surface area contributed by atoms with Crippen LogP contribution in [0.4, 0.5) is 0 Å². The highest BCUT2D eigenvalue weighted by Crippen LogP contribution is 2.32. The maximum absolute atomic E-state index is 12.5. The molecule has 0 aliphatic heterocycles. The molecule has 0 saturated heterocycles. The van der Waals surface area contributed by atoms with Crippen LogP contribution in [0.15, 0.2) is 0 Å². The molecule has 0 aromatic rings. The van der Waals surface area contributed by atoms with E-state index in [0.717, 1.165) is 49.3 Å². The van der Waals surface area contributed by atoms with Crippen LogP contribution in [0.2, 0.25) is 0 Å². The summed E-state index contributed by atoms with van der Waals surface area (Å²) in [6, 6.07) is -0.0964. The van der Waals surface area contributed by atoms with Crippen LogP contribution in [0.5, 0.6) is 0 Å². The standard InChI is InChI=1S/C12H22N2O4S/c1-13(10-5-3-2-4-6-10)19(17,18)14(9-12(15)16)11-7-8-11/h10-11H,2-9H2,1H3,(H,15,16). The van der Waals surface area contributed by atoms with Crippen molar-refractivity contribution in [2.75, 3.05) is 13.6 Å². The molecular weight excluding hydrogens is 268 g/mol. The predicted molar refractivity (Wildman–Crippen MR) is 70.9 cm³/mol. The van der Waals surface area contributed by atoms with E-state index in [1.807, 2.05) is 0 Å². The van der Waals surface area contributed by atoms with Gasteiger partial charge in [0.15, 0.2) is 0 Å². The Balaban J connectivity index is 2.11. The van der Waals surface area contributed by atoms with E-state index < -0.39 is 22.7 Å². The highest BCUT2D eigenvalue weighted by molar-refractivity contribution is 7.86. The SMILES string of the molecule is CN(C1CCCCC1)S(=O)(=O)N(CC(=O)O)C1CC1. The van der Waals surface area contributed by atoms with Crippen molar-refractivity contribution in [3.05, 3.63) is 0 Å². The van der Waals surface area contributed by atoms with E-state index in [-0.39, 0.29) is 12.1 Å². The Kier molecular flexibility index (Phi) is 4.47. The Hall–Kier alpha value is -0.660. The van der Waals surface area contributed by atoms with Crippen molar-refractivity contribution in [3.8, 4) is 0 Å². The summed E-state index contributed by atoms with van der Waals surface area (Å²) >= 11 is 0. The van der Waals surface area contributed by atoms with Crippen molar-refractivity contribution in [2.45, 2.75) is 57.0 Å². The normalized spacial score (nSPS) is 22.1. The predicted octanol–water partition coefficient (Wildman–Crippen LogP) is 1.04. The van der Waals surface area contributed by atoms with E-state index in [9.17, 15) is 13.2 Å². The number of carboxylic acids is 1. The molecule has 0 amide bonds. The van der Waals surface area contributed by atoms with Crippen molar-refractivity contribution in [1.82, 2.24) is 8.61 Å². The molecule has 110 valence electrons. The van der Waals surface area contributed by atoms with Crippen LogP contribution in [0, 0.1) is 0 Å². The lowest BCUT2D eigenvalue weighted by molar-refractivity contribution is -0.137. The molecule has 2 saturated carbocycles. The van der Waals surface area contributed by atoms with E-state index in [1.165, 1.54) is 4.31 Å². The number of hydrogen-bond donors (Lipinski definition) is 1. The average Bonchev–Trinajstić information content (AvgIpc) is 3.20. The summed E-state index contributed by atoms with van der Waals surface area (Å²) in [5.74, 6) is -1.09. The number of aliphatic carboxylic acids is 1. The van der Waals surface area contributed by atoms with E-state index in [0.29, 0.717) is 0 Å². The molecule has 0 heterocycles. The van der Waals surface area contributed by atoms with Gasteiger partial charge >= 0.3 is 5.97 Å². The maximum atomic E-state index is 12.5. The zero-order valence-corrected chi connectivity index (χ0v) is 12.1. The highest BCUT2D eigenvalue weighted by Gasteiger charge is 2.42. The monoisotopic (exact) mass is 290 g/mol. The Labute approximate surface area is 114 Å². The van der Waals surface area contributed by atoms with E-state index in [4.69, 9.17) is 5.11 Å². The van der Waals surface area contributed by atoms with Crippen LogP contribution in [-0.4, -0.2) is 53.8 Å². The highest BCUT2D eigenvalue weighted by atomic mass is 32.2. The molecule has 2 aliphatic rings. The summed E-state index contributed by atoms with van der Waals surface area (Å²) in [6.45, 7) is -0.427. The molecule has 0 unspecified atom stereocenters. The van der Waals surface area contributed by atoms with Gasteiger partial charge in [-0.2, -0.15) is 17.0 Å². The molecule has 7 heteroatoms. The van der Waals surface area contributed by atoms with Gasteiger partial charge in [0, 0.05) is 19.1 Å². The molecule has 0 bridgehead atoms. The zero-order valence-electron chi connectivity index (χ0n) is 11.3. The summed E-state index contributed by atoms with van der Waals surface area (Å²) in [5, 5.41) is 8.89. The number of carbonyl (C=O) groups is 1. The van der Waals surface area contributed by atoms with Gasteiger partial charge in [-0.15, -0.1) is 0 Å². The van der Waals surface area contributed by atoms with E-state index >= 15 is 0 Å². The zero-order chi connectivity index (χ0) is 14.0. The van der Waals surface area contributed by atoms with Gasteiger partial charge in [0.25, 0.3) is 10.2 Å². The van der Waals surface area contributed by atoms with Crippen LogP contribution in [-0.2, 0) is 15.0 Å². The number of carboxylic acid groups (broad SMARTS) is 1. The largest absolute Gasteiger partial charge is 0.480 e. The third-order valence-electron chi connectivity index (χ3n) is 3.99. The van der Waals surface area contributed by atoms with E-state index in [2.05, 4.69) is 0 Å². The fourth-order valence-electron chi connectivity index (χ4n) is 2.69. The molecule has 2 fully saturated rings. The molecule has 0 aromatic heterocycles.